The Bertz CT molecular complexity index is 516. The van der Waals surface area contributed by atoms with E-state index >= 15 is 0 Å². The van der Waals surface area contributed by atoms with Crippen LogP contribution < -0.4 is 5.32 Å². The van der Waals surface area contributed by atoms with Gasteiger partial charge in [-0.2, -0.15) is 13.2 Å². The normalized spacial score (nSPS) is 17.6. The first kappa shape index (κ1) is 17.9. The minimum absolute atomic E-state index is 0.318. The number of anilines is 1. The van der Waals surface area contributed by atoms with Gasteiger partial charge in [0.2, 0.25) is 6.10 Å². The molecule has 0 bridgehead atoms. The van der Waals surface area contributed by atoms with Crippen molar-refractivity contribution >= 4 is 23.4 Å². The number of alkyl halides is 3. The van der Waals surface area contributed by atoms with E-state index in [0.717, 1.165) is 19.3 Å². The maximum Gasteiger partial charge on any atom is 0.426 e. The summed E-state index contributed by atoms with van der Waals surface area (Å²) < 4.78 is 43.8. The van der Waals surface area contributed by atoms with Gasteiger partial charge in [-0.25, -0.2) is 4.79 Å². The summed E-state index contributed by atoms with van der Waals surface area (Å²) in [5, 5.41) is 2.73. The SMILES string of the molecule is O=C(Nc1ccc(Cl)cc1)O[C@H](CN1CCCCC1)C(F)(F)F. The van der Waals surface area contributed by atoms with E-state index in [4.69, 9.17) is 11.6 Å². The predicted octanol–water partition coefficient (Wildman–Crippen LogP) is 4.31. The average molecular weight is 351 g/mol. The van der Waals surface area contributed by atoms with Crippen LogP contribution in [0.2, 0.25) is 5.02 Å². The van der Waals surface area contributed by atoms with E-state index in [2.05, 4.69) is 10.1 Å². The first-order chi connectivity index (χ1) is 10.8. The van der Waals surface area contributed by atoms with Crippen LogP contribution in [0, 0.1) is 0 Å². The highest BCUT2D eigenvalue weighted by Gasteiger charge is 2.44. The van der Waals surface area contributed by atoms with E-state index in [-0.39, 0.29) is 6.54 Å². The molecular formula is C15H18ClF3N2O2. The molecule has 1 saturated heterocycles. The molecule has 0 spiro atoms. The van der Waals surface area contributed by atoms with Crippen molar-refractivity contribution < 1.29 is 22.7 Å². The van der Waals surface area contributed by atoms with Gasteiger partial charge in [0.25, 0.3) is 0 Å². The molecule has 128 valence electrons. The van der Waals surface area contributed by atoms with Gasteiger partial charge < -0.3 is 4.74 Å². The molecule has 23 heavy (non-hydrogen) atoms. The Labute approximate surface area is 137 Å². The van der Waals surface area contributed by atoms with Crippen LogP contribution in [0.25, 0.3) is 0 Å². The zero-order valence-electron chi connectivity index (χ0n) is 12.4. The fourth-order valence-electron chi connectivity index (χ4n) is 2.39. The molecule has 1 amide bonds. The number of amides is 1. The lowest BCUT2D eigenvalue weighted by Gasteiger charge is -2.30. The van der Waals surface area contributed by atoms with Gasteiger partial charge in [0.15, 0.2) is 0 Å². The van der Waals surface area contributed by atoms with Gasteiger partial charge >= 0.3 is 12.3 Å². The quantitative estimate of drug-likeness (QED) is 0.880. The second-order valence-corrected chi connectivity index (χ2v) is 5.87. The zero-order valence-corrected chi connectivity index (χ0v) is 13.2. The summed E-state index contributed by atoms with van der Waals surface area (Å²) in [6, 6.07) is 6.01. The van der Waals surface area contributed by atoms with Gasteiger partial charge in [-0.1, -0.05) is 18.0 Å². The van der Waals surface area contributed by atoms with Crippen LogP contribution in [0.1, 0.15) is 19.3 Å². The monoisotopic (exact) mass is 350 g/mol. The highest BCUT2D eigenvalue weighted by Crippen LogP contribution is 2.25. The van der Waals surface area contributed by atoms with Gasteiger partial charge in [0.1, 0.15) is 0 Å². The maximum absolute atomic E-state index is 13.1. The molecule has 0 saturated carbocycles. The van der Waals surface area contributed by atoms with Crippen molar-refractivity contribution in [1.82, 2.24) is 4.90 Å². The molecule has 4 nitrogen and oxygen atoms in total. The third-order valence-electron chi connectivity index (χ3n) is 3.58. The number of hydrogen-bond acceptors (Lipinski definition) is 3. The molecule has 8 heteroatoms. The molecule has 1 fully saturated rings. The number of halogens is 4. The van der Waals surface area contributed by atoms with E-state index in [0.29, 0.717) is 23.8 Å². The molecule has 2 rings (SSSR count). The van der Waals surface area contributed by atoms with Crippen molar-refractivity contribution in [2.45, 2.75) is 31.5 Å². The summed E-state index contributed by atoms with van der Waals surface area (Å²) in [5.74, 6) is 0. The summed E-state index contributed by atoms with van der Waals surface area (Å²) in [4.78, 5) is 13.4. The fourth-order valence-corrected chi connectivity index (χ4v) is 2.52. The van der Waals surface area contributed by atoms with Crippen molar-refractivity contribution in [3.8, 4) is 0 Å². The van der Waals surface area contributed by atoms with Crippen molar-refractivity contribution in [3.63, 3.8) is 0 Å². The number of nitrogens with one attached hydrogen (secondary N) is 1. The minimum Gasteiger partial charge on any atom is -0.435 e. The van der Waals surface area contributed by atoms with Crippen LogP contribution in [-0.2, 0) is 4.74 Å². The summed E-state index contributed by atoms with van der Waals surface area (Å²) in [6.45, 7) is 0.848. The largest absolute Gasteiger partial charge is 0.435 e. The standard InChI is InChI=1S/C15H18ClF3N2O2/c16-11-4-6-12(7-5-11)20-14(22)23-13(15(17,18)19)10-21-8-2-1-3-9-21/h4-7,13H,1-3,8-10H2,(H,20,22)/t13-/m1/s1. The Kier molecular flexibility index (Phi) is 6.12. The fraction of sp³-hybridized carbons (Fsp3) is 0.533. The molecule has 1 aliphatic heterocycles. The van der Waals surface area contributed by atoms with Gasteiger partial charge in [-0.3, -0.25) is 10.2 Å². The molecule has 0 aromatic heterocycles. The lowest BCUT2D eigenvalue weighted by molar-refractivity contribution is -0.207. The number of likely N-dealkylation sites (tertiary alicyclic amines) is 1. The molecule has 1 atom stereocenters. The van der Waals surface area contributed by atoms with Crippen LogP contribution >= 0.6 is 11.6 Å². The molecule has 0 unspecified atom stereocenters. The molecule has 1 N–H and O–H groups in total. The Morgan fingerprint density at radius 2 is 1.83 bits per heavy atom. The second kappa shape index (κ2) is 7.88. The number of hydrogen-bond donors (Lipinski definition) is 1. The number of carbonyl (C=O) groups excluding carboxylic acids is 1. The molecule has 1 aromatic carbocycles. The van der Waals surface area contributed by atoms with Crippen LogP contribution in [0.3, 0.4) is 0 Å². The molecule has 1 aromatic rings. The van der Waals surface area contributed by atoms with Gasteiger partial charge in [0, 0.05) is 17.3 Å². The Hall–Kier alpha value is -1.47. The summed E-state index contributed by atoms with van der Waals surface area (Å²) >= 11 is 5.70. The minimum atomic E-state index is -4.60. The molecule has 1 aliphatic rings. The predicted molar refractivity (Wildman–Crippen MR) is 81.7 cm³/mol. The van der Waals surface area contributed by atoms with Crippen LogP contribution in [0.4, 0.5) is 23.7 Å². The smallest absolute Gasteiger partial charge is 0.426 e. The van der Waals surface area contributed by atoms with Gasteiger partial charge in [-0.15, -0.1) is 0 Å². The van der Waals surface area contributed by atoms with Crippen LogP contribution in [0.15, 0.2) is 24.3 Å². The summed E-state index contributed by atoms with van der Waals surface area (Å²) in [7, 11) is 0. The number of ether oxygens (including phenoxy) is 1. The lowest BCUT2D eigenvalue weighted by atomic mass is 10.1. The number of carbonyl (C=O) groups is 1. The maximum atomic E-state index is 13.1. The first-order valence-corrected chi connectivity index (χ1v) is 7.74. The number of piperidine rings is 1. The molecule has 0 radical (unpaired) electrons. The van der Waals surface area contributed by atoms with Crippen LogP contribution in [0.5, 0.6) is 0 Å². The van der Waals surface area contributed by atoms with Crippen molar-refractivity contribution in [3.05, 3.63) is 29.3 Å². The first-order valence-electron chi connectivity index (χ1n) is 7.37. The third kappa shape index (κ3) is 5.91. The van der Waals surface area contributed by atoms with E-state index < -0.39 is 18.4 Å². The van der Waals surface area contributed by atoms with E-state index in [1.54, 1.807) is 4.90 Å². The molecule has 0 aliphatic carbocycles. The average Bonchev–Trinajstić information content (AvgIpc) is 2.49. The van der Waals surface area contributed by atoms with E-state index in [9.17, 15) is 18.0 Å². The number of benzene rings is 1. The van der Waals surface area contributed by atoms with Crippen molar-refractivity contribution in [2.75, 3.05) is 25.0 Å². The van der Waals surface area contributed by atoms with Gasteiger partial charge in [-0.05, 0) is 50.2 Å². The summed E-state index contributed by atoms with van der Waals surface area (Å²) in [5.41, 5.74) is 0.318. The summed E-state index contributed by atoms with van der Waals surface area (Å²) in [6.07, 6.45) is -5.14. The lowest BCUT2D eigenvalue weighted by Crippen LogP contribution is -2.46. The molecule has 1 heterocycles. The Morgan fingerprint density at radius 1 is 1.22 bits per heavy atom. The Balaban J connectivity index is 1.93. The number of rotatable bonds is 4. The van der Waals surface area contributed by atoms with E-state index in [1.165, 1.54) is 24.3 Å². The number of nitrogens with zero attached hydrogens (tertiary/aromatic N) is 1. The Morgan fingerprint density at radius 3 is 2.39 bits per heavy atom. The van der Waals surface area contributed by atoms with Crippen molar-refractivity contribution in [2.24, 2.45) is 0 Å². The zero-order chi connectivity index (χ0) is 16.9. The van der Waals surface area contributed by atoms with Crippen molar-refractivity contribution in [1.29, 1.82) is 0 Å². The highest BCUT2D eigenvalue weighted by molar-refractivity contribution is 6.30. The van der Waals surface area contributed by atoms with Crippen LogP contribution in [-0.4, -0.2) is 42.9 Å². The highest BCUT2D eigenvalue weighted by atomic mass is 35.5. The van der Waals surface area contributed by atoms with Gasteiger partial charge in [0.05, 0.1) is 0 Å². The van der Waals surface area contributed by atoms with E-state index in [1.807, 2.05) is 0 Å². The third-order valence-corrected chi connectivity index (χ3v) is 3.83. The molecular weight excluding hydrogens is 333 g/mol. The topological polar surface area (TPSA) is 41.6 Å². The second-order valence-electron chi connectivity index (χ2n) is 5.43.